The molecular weight excluding hydrogens is 108 g/mol. The van der Waals surface area contributed by atoms with Crippen LogP contribution in [0.2, 0.25) is 0 Å². The summed E-state index contributed by atoms with van der Waals surface area (Å²) in [6.07, 6.45) is 7.84. The van der Waals surface area contributed by atoms with E-state index in [4.69, 9.17) is 0 Å². The standard InChI is InChI=1S/C8H12.CH4/c1-4-6-7-8(3)5-2;/h4-7H,2H2,1,3H3;1H4/b6-4+,8-7-;. The first-order chi connectivity index (χ1) is 3.81. The van der Waals surface area contributed by atoms with Gasteiger partial charge in [-0.05, 0) is 13.8 Å². The summed E-state index contributed by atoms with van der Waals surface area (Å²) in [7, 11) is 0. The normalized spacial score (nSPS) is 11.1. The topological polar surface area (TPSA) is 0 Å². The van der Waals surface area contributed by atoms with Crippen LogP contribution in [0.25, 0.3) is 0 Å². The first-order valence-corrected chi connectivity index (χ1v) is 2.73. The molecule has 9 heavy (non-hydrogen) atoms. The second-order valence-corrected chi connectivity index (χ2v) is 1.64. The smallest absolute Gasteiger partial charge is 0.0398 e. The van der Waals surface area contributed by atoms with E-state index in [1.165, 1.54) is 5.57 Å². The fourth-order valence-corrected chi connectivity index (χ4v) is 0.316. The Morgan fingerprint density at radius 3 is 2.33 bits per heavy atom. The predicted molar refractivity (Wildman–Crippen MR) is 45.5 cm³/mol. The number of hydrogen-bond donors (Lipinski definition) is 0. The zero-order valence-corrected chi connectivity index (χ0v) is 5.52. The molecule has 0 aliphatic carbocycles. The molecule has 0 N–H and O–H groups in total. The lowest BCUT2D eigenvalue weighted by Crippen LogP contribution is -1.60. The maximum Gasteiger partial charge on any atom is -0.0398 e. The van der Waals surface area contributed by atoms with Gasteiger partial charge in [-0.3, -0.25) is 0 Å². The largest absolute Gasteiger partial charge is 0.0988 e. The van der Waals surface area contributed by atoms with Gasteiger partial charge >= 0.3 is 0 Å². The highest BCUT2D eigenvalue weighted by atomic mass is 13.8. The molecule has 0 atom stereocenters. The zero-order chi connectivity index (χ0) is 6.41. The van der Waals surface area contributed by atoms with Crippen LogP contribution in [0.15, 0.2) is 36.5 Å². The van der Waals surface area contributed by atoms with Crippen molar-refractivity contribution in [2.75, 3.05) is 0 Å². The molecule has 0 saturated carbocycles. The Hall–Kier alpha value is -0.780. The minimum absolute atomic E-state index is 0. The quantitative estimate of drug-likeness (QED) is 0.495. The summed E-state index contributed by atoms with van der Waals surface area (Å²) in [4.78, 5) is 0. The van der Waals surface area contributed by atoms with E-state index in [0.717, 1.165) is 0 Å². The molecule has 0 heterocycles. The summed E-state index contributed by atoms with van der Waals surface area (Å²) in [5, 5.41) is 0. The van der Waals surface area contributed by atoms with Crippen molar-refractivity contribution in [2.45, 2.75) is 21.3 Å². The van der Waals surface area contributed by atoms with Crippen LogP contribution < -0.4 is 0 Å². The molecule has 52 valence electrons. The van der Waals surface area contributed by atoms with Gasteiger partial charge in [-0.1, -0.05) is 43.9 Å². The van der Waals surface area contributed by atoms with Crippen molar-refractivity contribution in [2.24, 2.45) is 0 Å². The van der Waals surface area contributed by atoms with E-state index in [2.05, 4.69) is 6.58 Å². The maximum atomic E-state index is 3.61. The summed E-state index contributed by atoms with van der Waals surface area (Å²) < 4.78 is 0. The molecule has 0 heteroatoms. The Morgan fingerprint density at radius 2 is 2.00 bits per heavy atom. The average Bonchev–Trinajstić information content (AvgIpc) is 1.83. The van der Waals surface area contributed by atoms with Crippen molar-refractivity contribution >= 4 is 0 Å². The van der Waals surface area contributed by atoms with Crippen LogP contribution in [0, 0.1) is 0 Å². The molecule has 0 nitrogen and oxygen atoms in total. The molecule has 0 unspecified atom stereocenters. The number of allylic oxidation sites excluding steroid dienone is 5. The van der Waals surface area contributed by atoms with E-state index in [9.17, 15) is 0 Å². The van der Waals surface area contributed by atoms with E-state index >= 15 is 0 Å². The highest BCUT2D eigenvalue weighted by Crippen LogP contribution is 1.91. The number of hydrogen-bond acceptors (Lipinski definition) is 0. The third-order valence-corrected chi connectivity index (χ3v) is 0.874. The molecule has 0 saturated heterocycles. The van der Waals surface area contributed by atoms with E-state index in [1.54, 1.807) is 0 Å². The first-order valence-electron chi connectivity index (χ1n) is 2.73. The molecule has 0 aliphatic heterocycles. The van der Waals surface area contributed by atoms with Crippen molar-refractivity contribution in [3.8, 4) is 0 Å². The highest BCUT2D eigenvalue weighted by molar-refractivity contribution is 5.18. The fourth-order valence-electron chi connectivity index (χ4n) is 0.316. The van der Waals surface area contributed by atoms with Gasteiger partial charge in [0.1, 0.15) is 0 Å². The van der Waals surface area contributed by atoms with Crippen LogP contribution in [0.4, 0.5) is 0 Å². The third-order valence-electron chi connectivity index (χ3n) is 0.874. The molecule has 0 aliphatic rings. The van der Waals surface area contributed by atoms with Crippen LogP contribution in [-0.4, -0.2) is 0 Å². The van der Waals surface area contributed by atoms with Crippen molar-refractivity contribution in [3.05, 3.63) is 36.5 Å². The SMILES string of the molecule is C.C=C/C(C)=C\C=C\C. The summed E-state index contributed by atoms with van der Waals surface area (Å²) >= 11 is 0. The molecule has 0 spiro atoms. The van der Waals surface area contributed by atoms with E-state index in [1.807, 2.05) is 38.2 Å². The Bertz CT molecular complexity index is 116. The molecule has 0 amide bonds. The molecule has 0 aromatic carbocycles. The van der Waals surface area contributed by atoms with Crippen molar-refractivity contribution in [1.29, 1.82) is 0 Å². The maximum absolute atomic E-state index is 3.61. The minimum atomic E-state index is 0. The molecular formula is C9H16. The fraction of sp³-hybridized carbons (Fsp3) is 0.333. The Morgan fingerprint density at radius 1 is 1.44 bits per heavy atom. The van der Waals surface area contributed by atoms with Crippen LogP contribution in [0.3, 0.4) is 0 Å². The van der Waals surface area contributed by atoms with Crippen molar-refractivity contribution < 1.29 is 0 Å². The van der Waals surface area contributed by atoms with Crippen molar-refractivity contribution in [3.63, 3.8) is 0 Å². The second-order valence-electron chi connectivity index (χ2n) is 1.64. The van der Waals surface area contributed by atoms with Crippen LogP contribution in [-0.2, 0) is 0 Å². The molecule has 0 rings (SSSR count). The summed E-state index contributed by atoms with van der Waals surface area (Å²) in [5.74, 6) is 0. The Labute approximate surface area is 58.6 Å². The summed E-state index contributed by atoms with van der Waals surface area (Å²) in [6.45, 7) is 7.63. The second kappa shape index (κ2) is 7.22. The molecule has 0 aromatic heterocycles. The summed E-state index contributed by atoms with van der Waals surface area (Å²) in [5.41, 5.74) is 1.20. The summed E-state index contributed by atoms with van der Waals surface area (Å²) in [6, 6.07) is 0. The minimum Gasteiger partial charge on any atom is -0.0988 e. The van der Waals surface area contributed by atoms with E-state index in [-0.39, 0.29) is 7.43 Å². The van der Waals surface area contributed by atoms with Gasteiger partial charge in [0.2, 0.25) is 0 Å². The lowest BCUT2D eigenvalue weighted by Gasteiger charge is -1.81. The zero-order valence-electron chi connectivity index (χ0n) is 5.52. The Kier molecular flexibility index (Phi) is 8.89. The lowest BCUT2D eigenvalue weighted by atomic mass is 10.3. The van der Waals surface area contributed by atoms with Gasteiger partial charge in [0.25, 0.3) is 0 Å². The van der Waals surface area contributed by atoms with E-state index in [0.29, 0.717) is 0 Å². The van der Waals surface area contributed by atoms with E-state index < -0.39 is 0 Å². The molecule has 0 aromatic rings. The van der Waals surface area contributed by atoms with Gasteiger partial charge in [0.15, 0.2) is 0 Å². The van der Waals surface area contributed by atoms with Crippen LogP contribution in [0.1, 0.15) is 21.3 Å². The molecule has 0 bridgehead atoms. The van der Waals surface area contributed by atoms with Gasteiger partial charge in [0, 0.05) is 0 Å². The lowest BCUT2D eigenvalue weighted by molar-refractivity contribution is 1.53. The molecule has 0 radical (unpaired) electrons. The first kappa shape index (κ1) is 11.1. The predicted octanol–water partition coefficient (Wildman–Crippen LogP) is 3.33. The van der Waals surface area contributed by atoms with Crippen LogP contribution in [0.5, 0.6) is 0 Å². The van der Waals surface area contributed by atoms with Gasteiger partial charge < -0.3 is 0 Å². The van der Waals surface area contributed by atoms with Gasteiger partial charge in [-0.2, -0.15) is 0 Å². The average molecular weight is 124 g/mol. The number of rotatable bonds is 2. The van der Waals surface area contributed by atoms with Gasteiger partial charge in [-0.25, -0.2) is 0 Å². The monoisotopic (exact) mass is 124 g/mol. The molecule has 0 fully saturated rings. The van der Waals surface area contributed by atoms with Gasteiger partial charge in [0.05, 0.1) is 0 Å². The van der Waals surface area contributed by atoms with Gasteiger partial charge in [-0.15, -0.1) is 0 Å². The Balaban J connectivity index is 0. The van der Waals surface area contributed by atoms with Crippen LogP contribution >= 0.6 is 0 Å². The third kappa shape index (κ3) is 7.22. The van der Waals surface area contributed by atoms with Crippen molar-refractivity contribution in [1.82, 2.24) is 0 Å². The highest BCUT2D eigenvalue weighted by Gasteiger charge is 1.70.